The second-order valence-electron chi connectivity index (χ2n) is 2.61. The van der Waals surface area contributed by atoms with Gasteiger partial charge in [-0.15, -0.1) is 0 Å². The maximum atomic E-state index is 10.6. The Bertz CT molecular complexity index is 249. The highest BCUT2D eigenvalue weighted by atomic mass is 32.2. The highest BCUT2D eigenvalue weighted by Crippen LogP contribution is 1.85. The molecule has 0 aromatic rings. The van der Waals surface area contributed by atoms with Crippen LogP contribution in [0, 0.1) is 0 Å². The van der Waals surface area contributed by atoms with Gasteiger partial charge in [0.15, 0.2) is 0 Å². The molecular weight excluding hydrogens is 196 g/mol. The summed E-state index contributed by atoms with van der Waals surface area (Å²) in [5.41, 5.74) is 0. The first-order valence-electron chi connectivity index (χ1n) is 3.83. The SMILES string of the molecule is CS(=O)(=O)NCCCCNC(=O)O. The van der Waals surface area contributed by atoms with E-state index in [1.165, 1.54) is 0 Å². The van der Waals surface area contributed by atoms with E-state index in [1.807, 2.05) is 0 Å². The molecule has 3 N–H and O–H groups in total. The summed E-state index contributed by atoms with van der Waals surface area (Å²) in [6, 6.07) is 0. The molecule has 78 valence electrons. The highest BCUT2D eigenvalue weighted by molar-refractivity contribution is 7.88. The Morgan fingerprint density at radius 3 is 2.31 bits per heavy atom. The summed E-state index contributed by atoms with van der Waals surface area (Å²) in [6.45, 7) is 0.695. The van der Waals surface area contributed by atoms with Crippen LogP contribution in [0.4, 0.5) is 4.79 Å². The first-order chi connectivity index (χ1) is 5.92. The Balaban J connectivity index is 3.23. The number of amides is 1. The zero-order valence-electron chi connectivity index (χ0n) is 7.41. The fourth-order valence-electron chi connectivity index (χ4n) is 0.703. The Hall–Kier alpha value is -0.820. The van der Waals surface area contributed by atoms with Gasteiger partial charge >= 0.3 is 6.09 Å². The van der Waals surface area contributed by atoms with Crippen LogP contribution in [-0.2, 0) is 10.0 Å². The summed E-state index contributed by atoms with van der Waals surface area (Å²) in [5, 5.41) is 10.4. The van der Waals surface area contributed by atoms with Crippen molar-refractivity contribution in [2.24, 2.45) is 0 Å². The molecule has 0 heterocycles. The Morgan fingerprint density at radius 2 is 1.85 bits per heavy atom. The van der Waals surface area contributed by atoms with Crippen LogP contribution in [-0.4, -0.2) is 39.0 Å². The number of hydrogen-bond donors (Lipinski definition) is 3. The van der Waals surface area contributed by atoms with Crippen molar-refractivity contribution in [3.8, 4) is 0 Å². The Kier molecular flexibility index (Phi) is 5.40. The van der Waals surface area contributed by atoms with E-state index in [1.54, 1.807) is 0 Å². The van der Waals surface area contributed by atoms with Gasteiger partial charge in [-0.25, -0.2) is 17.9 Å². The molecule has 0 bridgehead atoms. The third kappa shape index (κ3) is 11.2. The van der Waals surface area contributed by atoms with Gasteiger partial charge in [0.2, 0.25) is 10.0 Å². The second kappa shape index (κ2) is 5.76. The molecule has 0 rings (SSSR count). The summed E-state index contributed by atoms with van der Waals surface area (Å²) < 4.78 is 23.4. The summed E-state index contributed by atoms with van der Waals surface area (Å²) in [7, 11) is -3.11. The molecule has 13 heavy (non-hydrogen) atoms. The summed E-state index contributed by atoms with van der Waals surface area (Å²) >= 11 is 0. The van der Waals surface area contributed by atoms with Crippen LogP contribution in [0.25, 0.3) is 0 Å². The van der Waals surface area contributed by atoms with Crippen LogP contribution in [0.1, 0.15) is 12.8 Å². The van der Waals surface area contributed by atoms with Gasteiger partial charge in [-0.2, -0.15) is 0 Å². The van der Waals surface area contributed by atoms with E-state index in [2.05, 4.69) is 10.0 Å². The zero-order valence-corrected chi connectivity index (χ0v) is 8.23. The van der Waals surface area contributed by atoms with Crippen LogP contribution in [0.3, 0.4) is 0 Å². The fourth-order valence-corrected chi connectivity index (χ4v) is 1.22. The van der Waals surface area contributed by atoms with Crippen LogP contribution >= 0.6 is 0 Å². The smallest absolute Gasteiger partial charge is 0.404 e. The van der Waals surface area contributed by atoms with E-state index in [0.29, 0.717) is 25.9 Å². The monoisotopic (exact) mass is 210 g/mol. The van der Waals surface area contributed by atoms with Crippen LogP contribution in [0.5, 0.6) is 0 Å². The molecule has 0 spiro atoms. The molecule has 7 heteroatoms. The predicted molar refractivity (Wildman–Crippen MR) is 48.1 cm³/mol. The molecule has 0 aromatic carbocycles. The number of nitrogens with one attached hydrogen (secondary N) is 2. The first kappa shape index (κ1) is 12.2. The van der Waals surface area contributed by atoms with Crippen LogP contribution in [0.15, 0.2) is 0 Å². The van der Waals surface area contributed by atoms with Crippen molar-refractivity contribution < 1.29 is 18.3 Å². The third-order valence-electron chi connectivity index (χ3n) is 1.24. The third-order valence-corrected chi connectivity index (χ3v) is 1.97. The lowest BCUT2D eigenvalue weighted by molar-refractivity contribution is 0.194. The quantitative estimate of drug-likeness (QED) is 0.519. The average molecular weight is 210 g/mol. The van der Waals surface area contributed by atoms with Crippen molar-refractivity contribution in [1.29, 1.82) is 0 Å². The maximum absolute atomic E-state index is 10.6. The van der Waals surface area contributed by atoms with E-state index in [4.69, 9.17) is 5.11 Å². The first-order valence-corrected chi connectivity index (χ1v) is 5.72. The molecule has 0 aliphatic heterocycles. The number of unbranched alkanes of at least 4 members (excludes halogenated alkanes) is 1. The molecule has 0 aliphatic carbocycles. The molecule has 0 radical (unpaired) electrons. The minimum Gasteiger partial charge on any atom is -0.465 e. The van der Waals surface area contributed by atoms with Crippen molar-refractivity contribution in [3.63, 3.8) is 0 Å². The average Bonchev–Trinajstić information content (AvgIpc) is 1.93. The second-order valence-corrected chi connectivity index (χ2v) is 4.44. The van der Waals surface area contributed by atoms with Crippen LogP contribution in [0.2, 0.25) is 0 Å². The standard InChI is InChI=1S/C6H14N2O4S/c1-13(11,12)8-5-3-2-4-7-6(9)10/h7-8H,2-5H2,1H3,(H,9,10). The molecule has 0 aliphatic rings. The zero-order chi connectivity index (χ0) is 10.3. The largest absolute Gasteiger partial charge is 0.465 e. The fraction of sp³-hybridized carbons (Fsp3) is 0.833. The van der Waals surface area contributed by atoms with Gasteiger partial charge in [0.05, 0.1) is 6.26 Å². The van der Waals surface area contributed by atoms with Gasteiger partial charge in [0, 0.05) is 13.1 Å². The molecule has 0 aromatic heterocycles. The Labute approximate surface area is 77.4 Å². The van der Waals surface area contributed by atoms with Crippen molar-refractivity contribution in [2.45, 2.75) is 12.8 Å². The van der Waals surface area contributed by atoms with E-state index < -0.39 is 16.1 Å². The van der Waals surface area contributed by atoms with Crippen LogP contribution < -0.4 is 10.0 Å². The topological polar surface area (TPSA) is 95.5 Å². The molecule has 0 saturated carbocycles. The van der Waals surface area contributed by atoms with Gasteiger partial charge in [-0.1, -0.05) is 0 Å². The molecule has 0 fully saturated rings. The van der Waals surface area contributed by atoms with Gasteiger partial charge in [0.1, 0.15) is 0 Å². The minimum atomic E-state index is -3.11. The van der Waals surface area contributed by atoms with Crippen molar-refractivity contribution in [2.75, 3.05) is 19.3 Å². The molecular formula is C6H14N2O4S. The molecule has 1 amide bonds. The molecule has 0 unspecified atom stereocenters. The molecule has 6 nitrogen and oxygen atoms in total. The van der Waals surface area contributed by atoms with E-state index in [0.717, 1.165) is 6.26 Å². The van der Waals surface area contributed by atoms with Gasteiger partial charge in [-0.3, -0.25) is 0 Å². The lowest BCUT2D eigenvalue weighted by atomic mass is 10.3. The minimum absolute atomic E-state index is 0.347. The summed E-state index contributed by atoms with van der Waals surface area (Å²) in [4.78, 5) is 9.97. The van der Waals surface area contributed by atoms with E-state index >= 15 is 0 Å². The van der Waals surface area contributed by atoms with Gasteiger partial charge < -0.3 is 10.4 Å². The summed E-state index contributed by atoms with van der Waals surface area (Å²) in [5.74, 6) is 0. The summed E-state index contributed by atoms with van der Waals surface area (Å²) in [6.07, 6.45) is 1.26. The predicted octanol–water partition coefficient (Wildman–Crippen LogP) is -0.417. The van der Waals surface area contributed by atoms with Gasteiger partial charge in [-0.05, 0) is 12.8 Å². The van der Waals surface area contributed by atoms with E-state index in [9.17, 15) is 13.2 Å². The lowest BCUT2D eigenvalue weighted by Crippen LogP contribution is -2.25. The van der Waals surface area contributed by atoms with Crippen molar-refractivity contribution in [1.82, 2.24) is 10.0 Å². The molecule has 0 atom stereocenters. The molecule has 0 saturated heterocycles. The normalized spacial score (nSPS) is 11.2. The number of rotatable bonds is 6. The van der Waals surface area contributed by atoms with Crippen molar-refractivity contribution in [3.05, 3.63) is 0 Å². The highest BCUT2D eigenvalue weighted by Gasteiger charge is 1.98. The van der Waals surface area contributed by atoms with Gasteiger partial charge in [0.25, 0.3) is 0 Å². The number of carbonyl (C=O) groups is 1. The van der Waals surface area contributed by atoms with Crippen molar-refractivity contribution >= 4 is 16.1 Å². The number of hydrogen-bond acceptors (Lipinski definition) is 3. The van der Waals surface area contributed by atoms with E-state index in [-0.39, 0.29) is 0 Å². The Morgan fingerprint density at radius 1 is 1.31 bits per heavy atom. The maximum Gasteiger partial charge on any atom is 0.404 e. The number of carboxylic acid groups (broad SMARTS) is 1. The number of sulfonamides is 1. The lowest BCUT2D eigenvalue weighted by Gasteiger charge is -2.02.